The van der Waals surface area contributed by atoms with Gasteiger partial charge in [0, 0.05) is 22.8 Å². The molecule has 7 nitrogen and oxygen atoms in total. The van der Waals surface area contributed by atoms with Crippen molar-refractivity contribution >= 4 is 35.2 Å². The van der Waals surface area contributed by atoms with Crippen LogP contribution in [0.3, 0.4) is 0 Å². The molecule has 0 radical (unpaired) electrons. The van der Waals surface area contributed by atoms with Gasteiger partial charge in [-0.1, -0.05) is 17.7 Å². The molecule has 0 saturated heterocycles. The van der Waals surface area contributed by atoms with Crippen molar-refractivity contribution in [3.8, 4) is 0 Å². The second-order valence-electron chi connectivity index (χ2n) is 5.98. The molecular formula is C18H16ClN3O4. The predicted molar refractivity (Wildman–Crippen MR) is 96.7 cm³/mol. The van der Waals surface area contributed by atoms with Gasteiger partial charge in [-0.25, -0.2) is 9.59 Å². The summed E-state index contributed by atoms with van der Waals surface area (Å²) in [5, 5.41) is 12.4. The number of nitrogens with zero attached hydrogens (tertiary/aromatic N) is 1. The first kappa shape index (κ1) is 17.8. The number of urea groups is 1. The number of nitrogens with two attached hydrogens (primary N) is 1. The molecule has 0 aromatic heterocycles. The maximum atomic E-state index is 12.4. The first-order valence-electron chi connectivity index (χ1n) is 7.85. The molecule has 4 N–H and O–H groups in total. The van der Waals surface area contributed by atoms with Crippen molar-refractivity contribution in [3.05, 3.63) is 64.2 Å². The minimum atomic E-state index is -1.07. The predicted octanol–water partition coefficient (Wildman–Crippen LogP) is 2.28. The first-order valence-corrected chi connectivity index (χ1v) is 8.22. The van der Waals surface area contributed by atoms with E-state index in [-0.39, 0.29) is 18.0 Å². The number of anilines is 1. The summed E-state index contributed by atoms with van der Waals surface area (Å²) >= 11 is 5.91. The van der Waals surface area contributed by atoms with Gasteiger partial charge in [-0.2, -0.15) is 0 Å². The fourth-order valence-corrected chi connectivity index (χ4v) is 3.19. The number of hydrogen-bond acceptors (Lipinski definition) is 3. The molecule has 3 rings (SSSR count). The average molecular weight is 374 g/mol. The van der Waals surface area contributed by atoms with Crippen molar-refractivity contribution in [2.24, 2.45) is 5.73 Å². The molecule has 3 amide bonds. The molecule has 0 fully saturated rings. The summed E-state index contributed by atoms with van der Waals surface area (Å²) in [4.78, 5) is 36.7. The van der Waals surface area contributed by atoms with Gasteiger partial charge in [-0.3, -0.25) is 9.69 Å². The zero-order valence-electron chi connectivity index (χ0n) is 13.6. The van der Waals surface area contributed by atoms with Crippen LogP contribution in [0.1, 0.15) is 26.3 Å². The summed E-state index contributed by atoms with van der Waals surface area (Å²) in [7, 11) is 0. The second kappa shape index (κ2) is 7.05. The number of halogens is 1. The van der Waals surface area contributed by atoms with Crippen LogP contribution in [0.2, 0.25) is 5.02 Å². The van der Waals surface area contributed by atoms with Crippen molar-refractivity contribution in [3.63, 3.8) is 0 Å². The van der Waals surface area contributed by atoms with E-state index >= 15 is 0 Å². The van der Waals surface area contributed by atoms with Gasteiger partial charge >= 0.3 is 12.0 Å². The smallest absolute Gasteiger partial charge is 0.335 e. The van der Waals surface area contributed by atoms with E-state index < -0.39 is 18.0 Å². The molecule has 0 aliphatic carbocycles. The maximum Gasteiger partial charge on any atom is 0.335 e. The quantitative estimate of drug-likeness (QED) is 0.765. The van der Waals surface area contributed by atoms with Gasteiger partial charge in [0.25, 0.3) is 5.91 Å². The third kappa shape index (κ3) is 3.62. The van der Waals surface area contributed by atoms with Crippen LogP contribution < -0.4 is 16.0 Å². The van der Waals surface area contributed by atoms with Crippen LogP contribution in [0.15, 0.2) is 42.5 Å². The van der Waals surface area contributed by atoms with Gasteiger partial charge in [0.1, 0.15) is 0 Å². The number of benzene rings is 2. The standard InChI is InChI=1S/C18H16ClN3O4/c19-13-3-1-2-10(7-13)16(23)21-14-8-12-6-11(17(24)25)4-5-15(12)22(9-14)18(20)26/h1-7,14H,8-9H2,(H2,20,26)(H,21,23)(H,24,25). The lowest BCUT2D eigenvalue weighted by Crippen LogP contribution is -2.51. The zero-order chi connectivity index (χ0) is 18.8. The Balaban J connectivity index is 1.86. The van der Waals surface area contributed by atoms with Crippen molar-refractivity contribution in [1.82, 2.24) is 5.32 Å². The van der Waals surface area contributed by atoms with Gasteiger partial charge in [0.05, 0.1) is 11.6 Å². The molecule has 26 heavy (non-hydrogen) atoms. The highest BCUT2D eigenvalue weighted by atomic mass is 35.5. The van der Waals surface area contributed by atoms with Crippen molar-refractivity contribution in [1.29, 1.82) is 0 Å². The molecule has 1 aliphatic rings. The summed E-state index contributed by atoms with van der Waals surface area (Å²) in [5.41, 5.74) is 7.13. The number of nitrogens with one attached hydrogen (secondary N) is 1. The lowest BCUT2D eigenvalue weighted by Gasteiger charge is -2.34. The van der Waals surface area contributed by atoms with E-state index in [1.807, 2.05) is 0 Å². The first-order chi connectivity index (χ1) is 12.3. The van der Waals surface area contributed by atoms with Gasteiger partial charge in [-0.05, 0) is 48.4 Å². The van der Waals surface area contributed by atoms with Crippen molar-refractivity contribution in [2.45, 2.75) is 12.5 Å². The van der Waals surface area contributed by atoms with E-state index in [1.54, 1.807) is 30.3 Å². The maximum absolute atomic E-state index is 12.4. The van der Waals surface area contributed by atoms with Crippen LogP contribution in [-0.2, 0) is 6.42 Å². The van der Waals surface area contributed by atoms with Gasteiger partial charge in [0.15, 0.2) is 0 Å². The molecule has 0 saturated carbocycles. The number of rotatable bonds is 3. The summed E-state index contributed by atoms with van der Waals surface area (Å²) in [6, 6.07) is 9.89. The van der Waals surface area contributed by atoms with Crippen LogP contribution in [0.4, 0.5) is 10.5 Å². The van der Waals surface area contributed by atoms with E-state index in [1.165, 1.54) is 17.0 Å². The Morgan fingerprint density at radius 1 is 1.15 bits per heavy atom. The Hall–Kier alpha value is -3.06. The molecule has 1 unspecified atom stereocenters. The molecule has 1 atom stereocenters. The van der Waals surface area contributed by atoms with Crippen molar-refractivity contribution < 1.29 is 19.5 Å². The summed E-state index contributed by atoms with van der Waals surface area (Å²) in [6.07, 6.45) is 0.381. The van der Waals surface area contributed by atoms with E-state index in [0.29, 0.717) is 28.3 Å². The van der Waals surface area contributed by atoms with E-state index in [9.17, 15) is 14.4 Å². The zero-order valence-corrected chi connectivity index (χ0v) is 14.4. The Morgan fingerprint density at radius 3 is 2.58 bits per heavy atom. The van der Waals surface area contributed by atoms with Crippen LogP contribution in [0.25, 0.3) is 0 Å². The van der Waals surface area contributed by atoms with Crippen LogP contribution in [-0.4, -0.2) is 35.6 Å². The molecule has 2 aromatic rings. The van der Waals surface area contributed by atoms with Gasteiger partial charge < -0.3 is 16.2 Å². The molecular weight excluding hydrogens is 358 g/mol. The van der Waals surface area contributed by atoms with E-state index in [4.69, 9.17) is 22.4 Å². The third-order valence-corrected chi connectivity index (χ3v) is 4.41. The molecule has 134 valence electrons. The largest absolute Gasteiger partial charge is 0.478 e. The fraction of sp³-hybridized carbons (Fsp3) is 0.167. The molecule has 8 heteroatoms. The summed E-state index contributed by atoms with van der Waals surface area (Å²) in [5.74, 6) is -1.40. The summed E-state index contributed by atoms with van der Waals surface area (Å²) in [6.45, 7) is 0.195. The second-order valence-corrected chi connectivity index (χ2v) is 6.42. The molecule has 1 heterocycles. The molecule has 0 bridgehead atoms. The Kier molecular flexibility index (Phi) is 4.81. The van der Waals surface area contributed by atoms with E-state index in [0.717, 1.165) is 0 Å². The average Bonchev–Trinajstić information content (AvgIpc) is 2.60. The highest BCUT2D eigenvalue weighted by Gasteiger charge is 2.29. The lowest BCUT2D eigenvalue weighted by molar-refractivity contribution is 0.0696. The van der Waals surface area contributed by atoms with Crippen LogP contribution >= 0.6 is 11.6 Å². The van der Waals surface area contributed by atoms with Gasteiger partial charge in [0.2, 0.25) is 0 Å². The minimum absolute atomic E-state index is 0.106. The number of carbonyl (C=O) groups is 3. The molecule has 1 aliphatic heterocycles. The topological polar surface area (TPSA) is 113 Å². The Bertz CT molecular complexity index is 900. The SMILES string of the molecule is NC(=O)N1CC(NC(=O)c2cccc(Cl)c2)Cc2cc(C(=O)O)ccc21. The number of amides is 3. The molecule has 2 aromatic carbocycles. The van der Waals surface area contributed by atoms with Crippen LogP contribution in [0.5, 0.6) is 0 Å². The Morgan fingerprint density at radius 2 is 1.92 bits per heavy atom. The van der Waals surface area contributed by atoms with Crippen LogP contribution in [0, 0.1) is 0 Å². The van der Waals surface area contributed by atoms with Gasteiger partial charge in [-0.15, -0.1) is 0 Å². The number of carboxylic acids is 1. The summed E-state index contributed by atoms with van der Waals surface area (Å²) < 4.78 is 0. The number of carbonyl (C=O) groups excluding carboxylic acids is 2. The number of primary amides is 1. The fourth-order valence-electron chi connectivity index (χ4n) is 3.00. The monoisotopic (exact) mass is 373 g/mol. The number of hydrogen-bond donors (Lipinski definition) is 3. The number of aromatic carboxylic acids is 1. The normalized spacial score (nSPS) is 15.9. The molecule has 0 spiro atoms. The number of carboxylic acid groups (broad SMARTS) is 1. The van der Waals surface area contributed by atoms with Crippen molar-refractivity contribution in [2.75, 3.05) is 11.4 Å². The third-order valence-electron chi connectivity index (χ3n) is 4.17. The lowest BCUT2D eigenvalue weighted by atomic mass is 9.95. The minimum Gasteiger partial charge on any atom is -0.478 e. The number of fused-ring (bicyclic) bond motifs is 1. The highest BCUT2D eigenvalue weighted by Crippen LogP contribution is 2.28. The van der Waals surface area contributed by atoms with E-state index in [2.05, 4.69) is 5.32 Å². The highest BCUT2D eigenvalue weighted by molar-refractivity contribution is 6.30. The Labute approximate surface area is 154 Å².